The Bertz CT molecular complexity index is 1340. The van der Waals surface area contributed by atoms with E-state index in [1.807, 2.05) is 0 Å². The number of Topliss-reactive ketones (excluding diaryl/α,β-unsaturated/α-hetero) is 1. The number of imidazole rings is 1. The van der Waals surface area contributed by atoms with Crippen molar-refractivity contribution in [2.75, 3.05) is 26.2 Å². The average molecular weight is 492 g/mol. The molecule has 1 N–H and O–H groups in total. The Morgan fingerprint density at radius 2 is 1.81 bits per heavy atom. The number of rotatable bonds is 9. The molecule has 10 nitrogen and oxygen atoms in total. The number of hydrogen-bond donors (Lipinski definition) is 1. The molecular formula is C26H29N5O5. The second kappa shape index (κ2) is 10.3. The molecule has 1 saturated heterocycles. The number of non-ortho nitro benzene ring substituents is 1. The van der Waals surface area contributed by atoms with Crippen LogP contribution in [0.25, 0.3) is 11.4 Å². The van der Waals surface area contributed by atoms with Crippen molar-refractivity contribution in [3.05, 3.63) is 81.3 Å². The van der Waals surface area contributed by atoms with Crippen molar-refractivity contribution in [1.29, 1.82) is 0 Å². The van der Waals surface area contributed by atoms with E-state index < -0.39 is 28.4 Å². The van der Waals surface area contributed by atoms with Crippen molar-refractivity contribution in [2.24, 2.45) is 0 Å². The van der Waals surface area contributed by atoms with Gasteiger partial charge in [-0.3, -0.25) is 19.7 Å². The summed E-state index contributed by atoms with van der Waals surface area (Å²) in [6.07, 6.45) is 2.34. The van der Waals surface area contributed by atoms with Crippen molar-refractivity contribution < 1.29 is 24.5 Å². The number of nitro benzene ring substituents is 1. The first-order valence-corrected chi connectivity index (χ1v) is 12.1. The van der Waals surface area contributed by atoms with Gasteiger partial charge < -0.3 is 19.3 Å². The highest BCUT2D eigenvalue weighted by atomic mass is 16.6. The SMILES string of the molecule is CC[NH+](CC)CCCN1C(=O)C(=O)/C(=C(/[O-])c2c(C)nc3ccccn23)C1c1ccc([N+](=O)[O-])cc1. The number of aromatic nitrogens is 2. The molecule has 1 atom stereocenters. The Hall–Kier alpha value is -4.05. The van der Waals surface area contributed by atoms with Gasteiger partial charge in [0.25, 0.3) is 11.6 Å². The molecule has 1 aliphatic rings. The summed E-state index contributed by atoms with van der Waals surface area (Å²) in [7, 11) is 0. The Balaban J connectivity index is 1.82. The number of amides is 1. The van der Waals surface area contributed by atoms with Gasteiger partial charge in [-0.15, -0.1) is 0 Å². The van der Waals surface area contributed by atoms with E-state index >= 15 is 0 Å². The van der Waals surface area contributed by atoms with Gasteiger partial charge in [0.15, 0.2) is 0 Å². The molecule has 0 bridgehead atoms. The summed E-state index contributed by atoms with van der Waals surface area (Å²) in [5, 5.41) is 25.0. The van der Waals surface area contributed by atoms with E-state index in [0.29, 0.717) is 29.9 Å². The molecule has 2 aromatic heterocycles. The third kappa shape index (κ3) is 4.47. The van der Waals surface area contributed by atoms with E-state index in [0.717, 1.165) is 19.6 Å². The number of carbonyl (C=O) groups is 2. The zero-order valence-electron chi connectivity index (χ0n) is 20.6. The quantitative estimate of drug-likeness (QED) is 0.157. The van der Waals surface area contributed by atoms with Crippen LogP contribution in [0, 0.1) is 17.0 Å². The molecule has 0 saturated carbocycles. The normalized spacial score (nSPS) is 17.4. The van der Waals surface area contributed by atoms with E-state index in [2.05, 4.69) is 18.8 Å². The van der Waals surface area contributed by atoms with Crippen LogP contribution in [0.5, 0.6) is 0 Å². The maximum Gasteiger partial charge on any atom is 0.295 e. The number of benzene rings is 1. The Kier molecular flexibility index (Phi) is 7.16. The van der Waals surface area contributed by atoms with Gasteiger partial charge in [0.05, 0.1) is 42.0 Å². The van der Waals surface area contributed by atoms with Crippen LogP contribution in [-0.2, 0) is 9.59 Å². The molecule has 3 aromatic rings. The maximum absolute atomic E-state index is 13.9. The fourth-order valence-corrected chi connectivity index (χ4v) is 4.84. The summed E-state index contributed by atoms with van der Waals surface area (Å²) in [5.41, 5.74) is 1.44. The number of quaternary nitrogens is 1. The number of hydrogen-bond acceptors (Lipinski definition) is 6. The molecule has 0 aliphatic carbocycles. The lowest BCUT2D eigenvalue weighted by molar-refractivity contribution is -0.896. The van der Waals surface area contributed by atoms with Gasteiger partial charge in [-0.05, 0) is 50.6 Å². The first-order valence-electron chi connectivity index (χ1n) is 12.1. The van der Waals surface area contributed by atoms with Crippen LogP contribution in [0.4, 0.5) is 5.69 Å². The molecular weight excluding hydrogens is 462 g/mol. The lowest BCUT2D eigenvalue weighted by atomic mass is 9.96. The lowest BCUT2D eigenvalue weighted by Gasteiger charge is -2.28. The number of fused-ring (bicyclic) bond motifs is 1. The second-order valence-electron chi connectivity index (χ2n) is 8.86. The minimum atomic E-state index is -0.932. The van der Waals surface area contributed by atoms with Gasteiger partial charge in [0.2, 0.25) is 5.78 Å². The standard InChI is InChI=1S/C26H29N5O5/c1-4-28(5-2)14-8-16-30-23(18-10-12-19(13-11-18)31(35)36)21(25(33)26(30)34)24(32)22-17(3)27-20-9-6-7-15-29(20)22/h6-7,9-13,15,23,32H,4-5,8,14,16H2,1-3H3/b24-21+. The minimum Gasteiger partial charge on any atom is -0.871 e. The molecule has 10 heteroatoms. The van der Waals surface area contributed by atoms with E-state index in [1.165, 1.54) is 34.1 Å². The number of pyridine rings is 1. The molecule has 1 fully saturated rings. The van der Waals surface area contributed by atoms with Crippen molar-refractivity contribution in [1.82, 2.24) is 14.3 Å². The van der Waals surface area contributed by atoms with E-state index in [-0.39, 0.29) is 17.0 Å². The van der Waals surface area contributed by atoms with Crippen LogP contribution < -0.4 is 10.0 Å². The molecule has 1 aliphatic heterocycles. The number of ketones is 1. The molecule has 1 aromatic carbocycles. The van der Waals surface area contributed by atoms with E-state index in [1.54, 1.807) is 35.7 Å². The van der Waals surface area contributed by atoms with Crippen molar-refractivity contribution in [2.45, 2.75) is 33.2 Å². The van der Waals surface area contributed by atoms with Gasteiger partial charge in [0, 0.05) is 36.9 Å². The smallest absolute Gasteiger partial charge is 0.295 e. The highest BCUT2D eigenvalue weighted by Crippen LogP contribution is 2.39. The highest BCUT2D eigenvalue weighted by molar-refractivity contribution is 6.46. The summed E-state index contributed by atoms with van der Waals surface area (Å²) in [4.78, 5) is 44.3. The third-order valence-corrected chi connectivity index (χ3v) is 6.80. The molecule has 4 rings (SSSR count). The Morgan fingerprint density at radius 1 is 1.11 bits per heavy atom. The molecule has 0 radical (unpaired) electrons. The summed E-state index contributed by atoms with van der Waals surface area (Å²) in [6.45, 7) is 8.86. The highest BCUT2D eigenvalue weighted by Gasteiger charge is 2.44. The van der Waals surface area contributed by atoms with E-state index in [9.17, 15) is 24.8 Å². The fourth-order valence-electron chi connectivity index (χ4n) is 4.84. The summed E-state index contributed by atoms with van der Waals surface area (Å²) in [6, 6.07) is 10.0. The van der Waals surface area contributed by atoms with Crippen LogP contribution >= 0.6 is 0 Å². The topological polar surface area (TPSA) is 125 Å². The fraction of sp³-hybridized carbons (Fsp3) is 0.346. The van der Waals surface area contributed by atoms with Crippen molar-refractivity contribution in [3.63, 3.8) is 0 Å². The number of aryl methyl sites for hydroxylation is 1. The molecule has 36 heavy (non-hydrogen) atoms. The number of nitrogens with zero attached hydrogens (tertiary/aromatic N) is 4. The Morgan fingerprint density at radius 3 is 2.44 bits per heavy atom. The first-order chi connectivity index (χ1) is 17.3. The predicted molar refractivity (Wildman–Crippen MR) is 131 cm³/mol. The van der Waals surface area contributed by atoms with Crippen molar-refractivity contribution >= 4 is 28.8 Å². The van der Waals surface area contributed by atoms with Crippen molar-refractivity contribution in [3.8, 4) is 0 Å². The van der Waals surface area contributed by atoms with Gasteiger partial charge in [0.1, 0.15) is 5.65 Å². The van der Waals surface area contributed by atoms with E-state index in [4.69, 9.17) is 0 Å². The molecule has 0 spiro atoms. The third-order valence-electron chi connectivity index (χ3n) is 6.80. The van der Waals surface area contributed by atoms with Crippen LogP contribution in [0.15, 0.2) is 54.2 Å². The number of nitro groups is 1. The van der Waals surface area contributed by atoms with Gasteiger partial charge in [-0.1, -0.05) is 11.8 Å². The largest absolute Gasteiger partial charge is 0.871 e. The average Bonchev–Trinajstić information content (AvgIpc) is 3.34. The summed E-state index contributed by atoms with van der Waals surface area (Å²) in [5.74, 6) is -2.14. The number of carbonyl (C=O) groups excluding carboxylic acids is 2. The predicted octanol–water partition coefficient (Wildman–Crippen LogP) is 1.09. The molecule has 1 unspecified atom stereocenters. The van der Waals surface area contributed by atoms with Gasteiger partial charge in [-0.2, -0.15) is 0 Å². The monoisotopic (exact) mass is 491 g/mol. The molecule has 188 valence electrons. The zero-order chi connectivity index (χ0) is 26.0. The van der Waals surface area contributed by atoms with Crippen LogP contribution in [-0.4, -0.2) is 57.1 Å². The number of likely N-dealkylation sites (tertiary alicyclic amines) is 1. The van der Waals surface area contributed by atoms with Crippen LogP contribution in [0.2, 0.25) is 0 Å². The van der Waals surface area contributed by atoms with Gasteiger partial charge in [-0.25, -0.2) is 4.98 Å². The first kappa shape index (κ1) is 25.1. The maximum atomic E-state index is 13.9. The molecule has 1 amide bonds. The minimum absolute atomic E-state index is 0.114. The summed E-state index contributed by atoms with van der Waals surface area (Å²) < 4.78 is 1.61. The van der Waals surface area contributed by atoms with Crippen LogP contribution in [0.1, 0.15) is 43.3 Å². The lowest BCUT2D eigenvalue weighted by Crippen LogP contribution is -3.11. The summed E-state index contributed by atoms with van der Waals surface area (Å²) >= 11 is 0. The number of nitrogens with one attached hydrogen (secondary N) is 1. The Labute approximate surface area is 208 Å². The van der Waals surface area contributed by atoms with Crippen LogP contribution in [0.3, 0.4) is 0 Å². The molecule has 3 heterocycles. The van der Waals surface area contributed by atoms with Gasteiger partial charge >= 0.3 is 0 Å². The second-order valence-corrected chi connectivity index (χ2v) is 8.86. The zero-order valence-corrected chi connectivity index (χ0v) is 20.6.